The summed E-state index contributed by atoms with van der Waals surface area (Å²) in [5.41, 5.74) is 0. The highest BCUT2D eigenvalue weighted by molar-refractivity contribution is 7.42. The first-order chi connectivity index (χ1) is 5.20. The molecule has 5 heteroatoms. The van der Waals surface area contributed by atoms with Crippen LogP contribution in [0.2, 0.25) is 0 Å². The molecule has 3 N–H and O–H groups in total. The molecule has 0 aliphatic heterocycles. The minimum Gasteiger partial charge on any atom is -0.337 e. The van der Waals surface area contributed by atoms with E-state index in [9.17, 15) is 0 Å². The first kappa shape index (κ1) is 10.8. The predicted octanol–water partition coefficient (Wildman–Crippen LogP) is 0.376. The van der Waals surface area contributed by atoms with Gasteiger partial charge in [0.25, 0.3) is 8.53 Å². The maximum atomic E-state index is 8.58. The third-order valence-corrected chi connectivity index (χ3v) is 1.39. The number of hydrogen-bond acceptors (Lipinski definition) is 4. The van der Waals surface area contributed by atoms with Crippen LogP contribution < -0.4 is 5.20 Å². The van der Waals surface area contributed by atoms with E-state index in [1.807, 2.05) is 0 Å². The van der Waals surface area contributed by atoms with Gasteiger partial charge in [-0.2, -0.15) is 5.20 Å². The summed E-state index contributed by atoms with van der Waals surface area (Å²) in [7, 11) is -2.08. The molecule has 0 bridgehead atoms. The van der Waals surface area contributed by atoms with Gasteiger partial charge in [-0.25, -0.2) is 5.01 Å². The predicted molar refractivity (Wildman–Crippen MR) is 46.5 cm³/mol. The van der Waals surface area contributed by atoms with Crippen molar-refractivity contribution < 1.29 is 9.79 Å². The Hall–Kier alpha value is -0.250. The van der Waals surface area contributed by atoms with Gasteiger partial charge in [-0.15, -0.1) is 13.2 Å². The Morgan fingerprint density at radius 1 is 1.27 bits per heavy atom. The molecular weight excluding hydrogens is 163 g/mol. The van der Waals surface area contributed by atoms with Crippen LogP contribution >= 0.6 is 8.53 Å². The summed E-state index contributed by atoms with van der Waals surface area (Å²) in [6.07, 6.45) is 3.32. The normalized spacial score (nSPS) is 10.5. The lowest BCUT2D eigenvalue weighted by atomic mass is 10.5. The van der Waals surface area contributed by atoms with E-state index < -0.39 is 8.53 Å². The molecule has 0 saturated heterocycles. The third-order valence-electron chi connectivity index (χ3n) is 0.930. The van der Waals surface area contributed by atoms with E-state index in [-0.39, 0.29) is 0 Å². The summed E-state index contributed by atoms with van der Waals surface area (Å²) in [5, 5.41) is 4.05. The lowest BCUT2D eigenvalue weighted by Crippen LogP contribution is -2.34. The molecule has 0 heterocycles. The van der Waals surface area contributed by atoms with Crippen molar-refractivity contribution in [2.24, 2.45) is 0 Å². The summed E-state index contributed by atoms with van der Waals surface area (Å²) in [6, 6.07) is 0. The summed E-state index contributed by atoms with van der Waals surface area (Å²) in [6.45, 7) is 8.13. The molecule has 0 amide bonds. The van der Waals surface area contributed by atoms with Crippen molar-refractivity contribution in [3.8, 4) is 0 Å². The van der Waals surface area contributed by atoms with Crippen molar-refractivity contribution in [2.45, 2.75) is 0 Å². The third kappa shape index (κ3) is 6.16. The molecule has 0 aromatic heterocycles. The standard InChI is InChI=1S/C6H13N2O2P/c1-3-5-8(6-4-2)7-11(9)10/h3-4,7,9-10H,1-2,5-6H2. The van der Waals surface area contributed by atoms with Gasteiger partial charge in [-0.3, -0.25) is 0 Å². The van der Waals surface area contributed by atoms with Gasteiger partial charge in [0.2, 0.25) is 0 Å². The Morgan fingerprint density at radius 2 is 1.73 bits per heavy atom. The number of hydrazine groups is 1. The smallest absolute Gasteiger partial charge is 0.265 e. The van der Waals surface area contributed by atoms with Crippen LogP contribution in [0.4, 0.5) is 0 Å². The maximum absolute atomic E-state index is 8.58. The van der Waals surface area contributed by atoms with Gasteiger partial charge in [-0.05, 0) is 0 Å². The van der Waals surface area contributed by atoms with Crippen molar-refractivity contribution in [3.05, 3.63) is 25.3 Å². The molecule has 0 fully saturated rings. The average Bonchev–Trinajstić information content (AvgIpc) is 1.87. The Morgan fingerprint density at radius 3 is 2.00 bits per heavy atom. The van der Waals surface area contributed by atoms with E-state index in [1.165, 1.54) is 0 Å². The van der Waals surface area contributed by atoms with Gasteiger partial charge in [-0.1, -0.05) is 12.2 Å². The van der Waals surface area contributed by atoms with Gasteiger partial charge in [0.1, 0.15) is 0 Å². The molecule has 0 rings (SSSR count). The first-order valence-corrected chi connectivity index (χ1v) is 4.36. The number of nitrogens with one attached hydrogen (secondary N) is 1. The van der Waals surface area contributed by atoms with E-state index >= 15 is 0 Å². The zero-order chi connectivity index (χ0) is 8.69. The molecule has 0 aliphatic carbocycles. The molecule has 0 saturated carbocycles. The van der Waals surface area contributed by atoms with Crippen LogP contribution in [0.5, 0.6) is 0 Å². The van der Waals surface area contributed by atoms with E-state index in [0.29, 0.717) is 13.1 Å². The SMILES string of the molecule is C=CCN(CC=C)NP(O)O. The lowest BCUT2D eigenvalue weighted by molar-refractivity contribution is 0.274. The lowest BCUT2D eigenvalue weighted by Gasteiger charge is -2.19. The van der Waals surface area contributed by atoms with E-state index in [4.69, 9.17) is 9.79 Å². The second-order valence-electron chi connectivity index (χ2n) is 1.87. The van der Waals surface area contributed by atoms with Crippen molar-refractivity contribution >= 4 is 8.53 Å². The van der Waals surface area contributed by atoms with E-state index in [0.717, 1.165) is 0 Å². The van der Waals surface area contributed by atoms with E-state index in [1.54, 1.807) is 17.2 Å². The Bertz CT molecular complexity index is 120. The van der Waals surface area contributed by atoms with Crippen molar-refractivity contribution in [2.75, 3.05) is 13.1 Å². The molecule has 0 aromatic rings. The van der Waals surface area contributed by atoms with Gasteiger partial charge in [0.05, 0.1) is 0 Å². The first-order valence-electron chi connectivity index (χ1n) is 3.11. The van der Waals surface area contributed by atoms with Crippen molar-refractivity contribution in [1.82, 2.24) is 10.2 Å². The van der Waals surface area contributed by atoms with Gasteiger partial charge >= 0.3 is 0 Å². The molecule has 0 spiro atoms. The topological polar surface area (TPSA) is 55.7 Å². The van der Waals surface area contributed by atoms with Crippen LogP contribution in [-0.4, -0.2) is 27.9 Å². The van der Waals surface area contributed by atoms with Crippen molar-refractivity contribution in [3.63, 3.8) is 0 Å². The fraction of sp³-hybridized carbons (Fsp3) is 0.333. The van der Waals surface area contributed by atoms with Crippen molar-refractivity contribution in [1.29, 1.82) is 0 Å². The molecule has 0 aliphatic rings. The Balaban J connectivity index is 3.67. The van der Waals surface area contributed by atoms with Gasteiger partial charge in [0.15, 0.2) is 0 Å². The Labute approximate surface area is 67.8 Å². The fourth-order valence-electron chi connectivity index (χ4n) is 0.594. The fourth-order valence-corrected chi connectivity index (χ4v) is 1.01. The highest BCUT2D eigenvalue weighted by Gasteiger charge is 2.03. The summed E-state index contributed by atoms with van der Waals surface area (Å²) >= 11 is 0. The molecule has 4 nitrogen and oxygen atoms in total. The quantitative estimate of drug-likeness (QED) is 0.311. The van der Waals surface area contributed by atoms with Crippen LogP contribution in [-0.2, 0) is 0 Å². The monoisotopic (exact) mass is 176 g/mol. The number of rotatable bonds is 6. The number of hydrogen-bond donors (Lipinski definition) is 3. The Kier molecular flexibility index (Phi) is 6.31. The molecule has 0 aromatic carbocycles. The zero-order valence-electron chi connectivity index (χ0n) is 6.27. The molecule has 0 atom stereocenters. The zero-order valence-corrected chi connectivity index (χ0v) is 7.17. The summed E-state index contributed by atoms with van der Waals surface area (Å²) in [4.78, 5) is 17.2. The molecule has 11 heavy (non-hydrogen) atoms. The summed E-state index contributed by atoms with van der Waals surface area (Å²) < 4.78 is 0. The molecule has 0 unspecified atom stereocenters. The average molecular weight is 176 g/mol. The molecule has 0 radical (unpaired) electrons. The van der Waals surface area contributed by atoms with Crippen LogP contribution in [0, 0.1) is 0 Å². The molecule has 64 valence electrons. The van der Waals surface area contributed by atoms with Crippen LogP contribution in [0.15, 0.2) is 25.3 Å². The van der Waals surface area contributed by atoms with Crippen LogP contribution in [0.3, 0.4) is 0 Å². The minimum atomic E-state index is -2.08. The van der Waals surface area contributed by atoms with Crippen LogP contribution in [0.1, 0.15) is 0 Å². The molecular formula is C6H13N2O2P. The second kappa shape index (κ2) is 6.46. The van der Waals surface area contributed by atoms with E-state index in [2.05, 4.69) is 18.4 Å². The number of nitrogens with zero attached hydrogens (tertiary/aromatic N) is 1. The summed E-state index contributed by atoms with van der Waals surface area (Å²) in [5.74, 6) is 0. The maximum Gasteiger partial charge on any atom is 0.265 e. The largest absolute Gasteiger partial charge is 0.337 e. The highest BCUT2D eigenvalue weighted by Crippen LogP contribution is 2.16. The minimum absolute atomic E-state index is 0.548. The second-order valence-corrected chi connectivity index (χ2v) is 2.65. The van der Waals surface area contributed by atoms with Crippen LogP contribution in [0.25, 0.3) is 0 Å². The van der Waals surface area contributed by atoms with Gasteiger partial charge in [0, 0.05) is 13.1 Å². The highest BCUT2D eigenvalue weighted by atomic mass is 31.2. The van der Waals surface area contributed by atoms with Gasteiger partial charge < -0.3 is 9.79 Å².